The number of rotatable bonds is 3. The molecule has 0 aromatic carbocycles. The molecule has 1 aliphatic heterocycles. The van der Waals surface area contributed by atoms with Gasteiger partial charge in [-0.25, -0.2) is 0 Å². The quantitative estimate of drug-likeness (QED) is 0.665. The molecule has 16 heavy (non-hydrogen) atoms. The Morgan fingerprint density at radius 3 is 2.31 bits per heavy atom. The van der Waals surface area contributed by atoms with E-state index in [4.69, 9.17) is 0 Å². The Hall–Kier alpha value is 1.15. The van der Waals surface area contributed by atoms with E-state index in [1.54, 1.807) is 6.07 Å². The van der Waals surface area contributed by atoms with Gasteiger partial charge < -0.3 is 12.9 Å². The number of hydrogen-bond donors (Lipinski definition) is 0. The van der Waals surface area contributed by atoms with Crippen LogP contribution in [0.2, 0.25) is 0 Å². The summed E-state index contributed by atoms with van der Waals surface area (Å²) in [5, 5.41) is 0. The van der Waals surface area contributed by atoms with E-state index in [2.05, 4.69) is 4.90 Å². The van der Waals surface area contributed by atoms with Crippen molar-refractivity contribution in [3.63, 3.8) is 0 Å². The van der Waals surface area contributed by atoms with Crippen LogP contribution in [0.4, 0.5) is 12.9 Å². The van der Waals surface area contributed by atoms with Gasteiger partial charge in [0.05, 0.1) is 0 Å². The molecule has 1 aromatic rings. The maximum atomic E-state index is 12.4. The minimum Gasteiger partial charge on any atom is -0.444 e. The first-order chi connectivity index (χ1) is 7.05. The van der Waals surface area contributed by atoms with Gasteiger partial charge in [-0.15, -0.1) is 0 Å². The molecule has 0 spiro atoms. The second kappa shape index (κ2) is 6.36. The zero-order chi connectivity index (χ0) is 10.9. The Kier molecular flexibility index (Phi) is 6.04. The summed E-state index contributed by atoms with van der Waals surface area (Å²) in [6, 6.07) is 2.81. The van der Waals surface area contributed by atoms with E-state index in [9.17, 15) is 12.9 Å². The molecular weight excluding hydrogens is 261 g/mol. The standard InChI is InChI=1S/C9H12BF3NS.K/c11-10(12,13)9-4-3-8(15-9)7-14-5-1-2-6-14;/h3-4H,1-2,5-7H2;/q-1;+1. The molecule has 0 bridgehead atoms. The van der Waals surface area contributed by atoms with Crippen molar-refractivity contribution in [3.05, 3.63) is 17.0 Å². The van der Waals surface area contributed by atoms with E-state index in [-0.39, 0.29) is 51.4 Å². The summed E-state index contributed by atoms with van der Waals surface area (Å²) < 4.78 is 36.7. The van der Waals surface area contributed by atoms with Crippen molar-refractivity contribution in [2.45, 2.75) is 19.4 Å². The molecule has 0 N–H and O–H groups in total. The van der Waals surface area contributed by atoms with Gasteiger partial charge in [-0.3, -0.25) is 4.90 Å². The molecule has 1 aromatic heterocycles. The van der Waals surface area contributed by atoms with E-state index in [1.807, 2.05) is 0 Å². The molecule has 0 aliphatic carbocycles. The average Bonchev–Trinajstić information content (AvgIpc) is 2.73. The molecule has 84 valence electrons. The number of hydrogen-bond acceptors (Lipinski definition) is 2. The molecular formula is C9H12BF3KNS. The van der Waals surface area contributed by atoms with Crippen LogP contribution in [0.3, 0.4) is 0 Å². The van der Waals surface area contributed by atoms with Crippen LogP contribution in [-0.2, 0) is 6.54 Å². The van der Waals surface area contributed by atoms with Gasteiger partial charge in [0, 0.05) is 11.4 Å². The van der Waals surface area contributed by atoms with Crippen molar-refractivity contribution in [2.75, 3.05) is 13.1 Å². The van der Waals surface area contributed by atoms with E-state index >= 15 is 0 Å². The minimum atomic E-state index is -4.81. The average molecular weight is 273 g/mol. The van der Waals surface area contributed by atoms with Crippen LogP contribution in [0, 0.1) is 0 Å². The Bertz CT molecular complexity index is 336. The molecule has 0 saturated carbocycles. The van der Waals surface area contributed by atoms with Crippen molar-refractivity contribution in [1.82, 2.24) is 4.90 Å². The number of likely N-dealkylation sites (tertiary alicyclic amines) is 1. The molecule has 2 heterocycles. The van der Waals surface area contributed by atoms with Gasteiger partial charge in [0.15, 0.2) is 0 Å². The summed E-state index contributed by atoms with van der Waals surface area (Å²) >= 11 is 0.888. The Balaban J connectivity index is 0.00000128. The number of nitrogens with zero attached hydrogens (tertiary/aromatic N) is 1. The van der Waals surface area contributed by atoms with Crippen LogP contribution >= 0.6 is 11.3 Å². The second-order valence-electron chi connectivity index (χ2n) is 3.86. The first-order valence-corrected chi connectivity index (χ1v) is 5.88. The van der Waals surface area contributed by atoms with Crippen LogP contribution in [0.25, 0.3) is 0 Å². The van der Waals surface area contributed by atoms with Crippen LogP contribution in [0.1, 0.15) is 17.7 Å². The van der Waals surface area contributed by atoms with E-state index in [0.717, 1.165) is 29.3 Å². The Labute approximate surface area is 140 Å². The third-order valence-corrected chi connectivity index (χ3v) is 3.75. The summed E-state index contributed by atoms with van der Waals surface area (Å²) in [6.07, 6.45) is 2.34. The SMILES string of the molecule is F[B-](F)(F)c1ccc(CN2CCCC2)s1.[K+]. The van der Waals surface area contributed by atoms with Crippen LogP contribution < -0.4 is 56.2 Å². The maximum Gasteiger partial charge on any atom is 1.00 e. The van der Waals surface area contributed by atoms with Gasteiger partial charge in [0.25, 0.3) is 0 Å². The minimum absolute atomic E-state index is 0. The van der Waals surface area contributed by atoms with Gasteiger partial charge in [0.2, 0.25) is 0 Å². The van der Waals surface area contributed by atoms with Crippen molar-refractivity contribution >= 4 is 23.1 Å². The monoisotopic (exact) mass is 273 g/mol. The van der Waals surface area contributed by atoms with Crippen LogP contribution in [0.15, 0.2) is 12.1 Å². The fraction of sp³-hybridized carbons (Fsp3) is 0.556. The molecule has 0 unspecified atom stereocenters. The fourth-order valence-corrected chi connectivity index (χ4v) is 2.77. The van der Waals surface area contributed by atoms with E-state index < -0.39 is 11.8 Å². The van der Waals surface area contributed by atoms with Gasteiger partial charge in [0.1, 0.15) is 0 Å². The van der Waals surface area contributed by atoms with Gasteiger partial charge in [-0.1, -0.05) is 10.8 Å². The number of halogens is 3. The Morgan fingerprint density at radius 1 is 1.19 bits per heavy atom. The summed E-state index contributed by atoms with van der Waals surface area (Å²) in [5.74, 6) is 0. The van der Waals surface area contributed by atoms with Gasteiger partial charge in [-0.05, 0) is 32.0 Å². The summed E-state index contributed by atoms with van der Waals surface area (Å²) in [6.45, 7) is -2.09. The summed E-state index contributed by atoms with van der Waals surface area (Å²) in [4.78, 5) is 3.03. The van der Waals surface area contributed by atoms with Crippen molar-refractivity contribution in [3.8, 4) is 0 Å². The third-order valence-electron chi connectivity index (χ3n) is 2.58. The third kappa shape index (κ3) is 4.12. The smallest absolute Gasteiger partial charge is 0.444 e. The van der Waals surface area contributed by atoms with E-state index in [0.29, 0.717) is 6.54 Å². The molecule has 7 heteroatoms. The van der Waals surface area contributed by atoms with Gasteiger partial charge in [-0.2, -0.15) is 11.3 Å². The molecule has 1 aliphatic rings. The van der Waals surface area contributed by atoms with Gasteiger partial charge >= 0.3 is 58.4 Å². The Morgan fingerprint density at radius 2 is 1.81 bits per heavy atom. The second-order valence-corrected chi connectivity index (χ2v) is 5.06. The zero-order valence-electron chi connectivity index (χ0n) is 9.26. The molecule has 2 rings (SSSR count). The number of thiophene rings is 1. The normalized spacial score (nSPS) is 17.4. The molecule has 0 atom stereocenters. The first kappa shape index (κ1) is 15.2. The molecule has 1 saturated heterocycles. The summed E-state index contributed by atoms with van der Waals surface area (Å²) in [7, 11) is 0. The predicted octanol–water partition coefficient (Wildman–Crippen LogP) is -0.598. The molecule has 0 amide bonds. The zero-order valence-corrected chi connectivity index (χ0v) is 13.2. The molecule has 1 fully saturated rings. The predicted molar refractivity (Wildman–Crippen MR) is 57.5 cm³/mol. The van der Waals surface area contributed by atoms with Crippen molar-refractivity contribution in [1.29, 1.82) is 0 Å². The topological polar surface area (TPSA) is 3.24 Å². The first-order valence-electron chi connectivity index (χ1n) is 5.06. The van der Waals surface area contributed by atoms with E-state index in [1.165, 1.54) is 18.9 Å². The maximum absolute atomic E-state index is 12.4. The molecule has 1 nitrogen and oxygen atoms in total. The van der Waals surface area contributed by atoms with Crippen LogP contribution in [-0.4, -0.2) is 25.0 Å². The summed E-state index contributed by atoms with van der Waals surface area (Å²) in [5.41, 5.74) is 0. The van der Waals surface area contributed by atoms with Crippen molar-refractivity contribution < 1.29 is 64.3 Å². The molecule has 0 radical (unpaired) electrons. The fourth-order valence-electron chi connectivity index (χ4n) is 1.82. The van der Waals surface area contributed by atoms with Crippen molar-refractivity contribution in [2.24, 2.45) is 0 Å². The van der Waals surface area contributed by atoms with Crippen LogP contribution in [0.5, 0.6) is 0 Å². The largest absolute Gasteiger partial charge is 1.00 e.